The minimum Gasteiger partial charge on any atom is -0.330 e. The normalized spacial score (nSPS) is 11.8. The van der Waals surface area contributed by atoms with Gasteiger partial charge >= 0.3 is 6.18 Å². The van der Waals surface area contributed by atoms with Crippen LogP contribution in [0.3, 0.4) is 0 Å². The number of aromatic nitrogens is 1. The van der Waals surface area contributed by atoms with Crippen molar-refractivity contribution in [1.82, 2.24) is 9.88 Å². The van der Waals surface area contributed by atoms with Gasteiger partial charge in [0.05, 0.1) is 0 Å². The van der Waals surface area contributed by atoms with Crippen LogP contribution in [-0.4, -0.2) is 35.1 Å². The van der Waals surface area contributed by atoms with Crippen molar-refractivity contribution in [1.29, 1.82) is 0 Å². The molecule has 0 unspecified atom stereocenters. The minimum atomic E-state index is -4.43. The van der Waals surface area contributed by atoms with Gasteiger partial charge in [0, 0.05) is 17.8 Å². The molecule has 1 amide bonds. The van der Waals surface area contributed by atoms with Crippen molar-refractivity contribution in [3.05, 3.63) is 28.5 Å². The Labute approximate surface area is 127 Å². The van der Waals surface area contributed by atoms with Crippen molar-refractivity contribution in [2.75, 3.05) is 13.1 Å². The first-order chi connectivity index (χ1) is 9.64. The van der Waals surface area contributed by atoms with Gasteiger partial charge in [0.15, 0.2) is 0 Å². The van der Waals surface area contributed by atoms with Crippen LogP contribution in [0, 0.1) is 0 Å². The minimum absolute atomic E-state index is 0.0255. The van der Waals surface area contributed by atoms with Crippen molar-refractivity contribution in [3.8, 4) is 0 Å². The van der Waals surface area contributed by atoms with Gasteiger partial charge in [0.1, 0.15) is 11.7 Å². The van der Waals surface area contributed by atoms with Gasteiger partial charge in [0.25, 0.3) is 5.91 Å². The molecule has 0 fully saturated rings. The van der Waals surface area contributed by atoms with Crippen LogP contribution in [-0.2, 0) is 0 Å². The fourth-order valence-corrected chi connectivity index (χ4v) is 2.07. The van der Waals surface area contributed by atoms with Crippen molar-refractivity contribution in [3.63, 3.8) is 0 Å². The standard InChI is InChI=1S/C14H18ClF3N2O/c1-4-5-20(8-14(16,17)18)13(21)10-6-11(9(2)3)19-12(15)7-10/h6-7,9H,4-5,8H2,1-3H3. The Morgan fingerprint density at radius 2 is 2.00 bits per heavy atom. The van der Waals surface area contributed by atoms with Crippen molar-refractivity contribution >= 4 is 17.5 Å². The third kappa shape index (κ3) is 5.53. The average molecular weight is 323 g/mol. The van der Waals surface area contributed by atoms with Gasteiger partial charge in [-0.05, 0) is 24.5 Å². The lowest BCUT2D eigenvalue weighted by molar-refractivity contribution is -0.140. The molecule has 0 aliphatic heterocycles. The van der Waals surface area contributed by atoms with Gasteiger partial charge in [0.2, 0.25) is 0 Å². The molecule has 3 nitrogen and oxygen atoms in total. The second-order valence-corrected chi connectivity index (χ2v) is 5.49. The van der Waals surface area contributed by atoms with Gasteiger partial charge in [-0.15, -0.1) is 0 Å². The zero-order chi connectivity index (χ0) is 16.2. The highest BCUT2D eigenvalue weighted by Gasteiger charge is 2.33. The molecule has 0 spiro atoms. The zero-order valence-electron chi connectivity index (χ0n) is 12.2. The van der Waals surface area contributed by atoms with Crippen LogP contribution in [0.15, 0.2) is 12.1 Å². The van der Waals surface area contributed by atoms with E-state index in [2.05, 4.69) is 4.98 Å². The van der Waals surface area contributed by atoms with E-state index in [9.17, 15) is 18.0 Å². The number of nitrogens with zero attached hydrogens (tertiary/aromatic N) is 2. The molecule has 0 aliphatic rings. The number of carbonyl (C=O) groups excluding carboxylic acids is 1. The van der Waals surface area contributed by atoms with Gasteiger partial charge in [-0.25, -0.2) is 4.98 Å². The lowest BCUT2D eigenvalue weighted by Crippen LogP contribution is -2.39. The topological polar surface area (TPSA) is 33.2 Å². The Bertz CT molecular complexity index is 503. The summed E-state index contributed by atoms with van der Waals surface area (Å²) in [5.41, 5.74) is 0.714. The fraction of sp³-hybridized carbons (Fsp3) is 0.571. The number of halogens is 4. The Balaban J connectivity index is 3.08. The monoisotopic (exact) mass is 322 g/mol. The number of carbonyl (C=O) groups is 1. The van der Waals surface area contributed by atoms with Gasteiger partial charge < -0.3 is 4.90 Å². The molecule has 7 heteroatoms. The first-order valence-corrected chi connectivity index (χ1v) is 7.05. The molecule has 0 saturated carbocycles. The van der Waals surface area contributed by atoms with Gasteiger partial charge in [-0.3, -0.25) is 4.79 Å². The number of rotatable bonds is 5. The Morgan fingerprint density at radius 1 is 1.38 bits per heavy atom. The molecular formula is C14H18ClF3N2O. The van der Waals surface area contributed by atoms with E-state index >= 15 is 0 Å². The third-order valence-corrected chi connectivity index (χ3v) is 3.00. The lowest BCUT2D eigenvalue weighted by Gasteiger charge is -2.23. The van der Waals surface area contributed by atoms with Crippen LogP contribution in [0.5, 0.6) is 0 Å². The predicted octanol–water partition coefficient (Wildman–Crippen LogP) is 4.27. The molecule has 0 saturated heterocycles. The van der Waals surface area contributed by atoms with E-state index in [-0.39, 0.29) is 23.2 Å². The highest BCUT2D eigenvalue weighted by atomic mass is 35.5. The molecule has 1 aromatic heterocycles. The van der Waals surface area contributed by atoms with E-state index in [0.29, 0.717) is 12.1 Å². The number of alkyl halides is 3. The zero-order valence-corrected chi connectivity index (χ0v) is 12.9. The van der Waals surface area contributed by atoms with Crippen LogP contribution < -0.4 is 0 Å². The van der Waals surface area contributed by atoms with Crippen LogP contribution in [0.1, 0.15) is 49.2 Å². The highest BCUT2D eigenvalue weighted by molar-refractivity contribution is 6.29. The average Bonchev–Trinajstić information content (AvgIpc) is 2.35. The van der Waals surface area contributed by atoms with E-state index < -0.39 is 18.6 Å². The maximum absolute atomic E-state index is 12.6. The number of hydrogen-bond acceptors (Lipinski definition) is 2. The highest BCUT2D eigenvalue weighted by Crippen LogP contribution is 2.22. The number of pyridine rings is 1. The van der Waals surface area contributed by atoms with Crippen LogP contribution in [0.2, 0.25) is 5.15 Å². The van der Waals surface area contributed by atoms with Gasteiger partial charge in [-0.2, -0.15) is 13.2 Å². The summed E-state index contributed by atoms with van der Waals surface area (Å²) in [6.07, 6.45) is -3.99. The van der Waals surface area contributed by atoms with Crippen molar-refractivity contribution in [2.45, 2.75) is 39.3 Å². The molecule has 21 heavy (non-hydrogen) atoms. The van der Waals surface area contributed by atoms with Crippen LogP contribution >= 0.6 is 11.6 Å². The van der Waals surface area contributed by atoms with Crippen molar-refractivity contribution < 1.29 is 18.0 Å². The largest absolute Gasteiger partial charge is 0.406 e. The molecule has 0 radical (unpaired) electrons. The molecule has 1 aromatic rings. The summed E-state index contributed by atoms with van der Waals surface area (Å²) in [7, 11) is 0. The van der Waals surface area contributed by atoms with E-state index in [1.165, 1.54) is 12.1 Å². The molecule has 0 N–H and O–H groups in total. The Kier molecular flexibility index (Phi) is 6.01. The molecular weight excluding hydrogens is 305 g/mol. The molecule has 0 aromatic carbocycles. The summed E-state index contributed by atoms with van der Waals surface area (Å²) < 4.78 is 37.7. The van der Waals surface area contributed by atoms with Crippen molar-refractivity contribution in [2.24, 2.45) is 0 Å². The first kappa shape index (κ1) is 17.8. The smallest absolute Gasteiger partial charge is 0.330 e. The lowest BCUT2D eigenvalue weighted by atomic mass is 10.1. The SMILES string of the molecule is CCCN(CC(F)(F)F)C(=O)c1cc(Cl)nc(C(C)C)c1. The quantitative estimate of drug-likeness (QED) is 0.758. The molecule has 0 aliphatic carbocycles. The second kappa shape index (κ2) is 7.11. The van der Waals surface area contributed by atoms with E-state index in [0.717, 1.165) is 4.90 Å². The Hall–Kier alpha value is -1.30. The molecule has 1 heterocycles. The summed E-state index contributed by atoms with van der Waals surface area (Å²) in [6, 6.07) is 2.80. The fourth-order valence-electron chi connectivity index (χ4n) is 1.86. The first-order valence-electron chi connectivity index (χ1n) is 6.67. The maximum Gasteiger partial charge on any atom is 0.406 e. The number of amides is 1. The second-order valence-electron chi connectivity index (χ2n) is 5.10. The van der Waals surface area contributed by atoms with Crippen LogP contribution in [0.4, 0.5) is 13.2 Å². The van der Waals surface area contributed by atoms with E-state index in [1.54, 1.807) is 6.92 Å². The summed E-state index contributed by atoms with van der Waals surface area (Å²) in [5, 5.41) is 0.105. The summed E-state index contributed by atoms with van der Waals surface area (Å²) in [5.74, 6) is -0.655. The summed E-state index contributed by atoms with van der Waals surface area (Å²) in [6.45, 7) is 4.22. The summed E-state index contributed by atoms with van der Waals surface area (Å²) in [4.78, 5) is 17.1. The predicted molar refractivity (Wildman–Crippen MR) is 75.6 cm³/mol. The molecule has 1 rings (SSSR count). The summed E-state index contributed by atoms with van der Waals surface area (Å²) >= 11 is 5.85. The van der Waals surface area contributed by atoms with E-state index in [4.69, 9.17) is 11.6 Å². The van der Waals surface area contributed by atoms with Crippen LogP contribution in [0.25, 0.3) is 0 Å². The molecule has 0 bridgehead atoms. The maximum atomic E-state index is 12.6. The number of hydrogen-bond donors (Lipinski definition) is 0. The van der Waals surface area contributed by atoms with E-state index in [1.807, 2.05) is 13.8 Å². The third-order valence-electron chi connectivity index (χ3n) is 2.80. The molecule has 118 valence electrons. The molecule has 0 atom stereocenters. The van der Waals surface area contributed by atoms with Gasteiger partial charge in [-0.1, -0.05) is 32.4 Å². The Morgan fingerprint density at radius 3 is 2.48 bits per heavy atom.